The monoisotopic (exact) mass is 303 g/mol. The minimum atomic E-state index is -0.469. The van der Waals surface area contributed by atoms with Crippen LogP contribution in [0.1, 0.15) is 33.6 Å². The summed E-state index contributed by atoms with van der Waals surface area (Å²) in [4.78, 5) is 0. The van der Waals surface area contributed by atoms with Crippen LogP contribution in [-0.4, -0.2) is 55.6 Å². The third kappa shape index (κ3) is 7.04. The van der Waals surface area contributed by atoms with Crippen molar-refractivity contribution in [2.45, 2.75) is 64.1 Å². The van der Waals surface area contributed by atoms with Crippen molar-refractivity contribution in [3.63, 3.8) is 0 Å². The van der Waals surface area contributed by atoms with Gasteiger partial charge in [0, 0.05) is 22.7 Å². The molecule has 0 radical (unpaired) electrons. The molecule has 0 aliphatic carbocycles. The van der Waals surface area contributed by atoms with Gasteiger partial charge < -0.3 is 14.0 Å². The fraction of sp³-hybridized carbons (Fsp3) is 1.00. The minimum Gasteiger partial charge on any atom is -0.353 e. The van der Waals surface area contributed by atoms with Crippen molar-refractivity contribution in [3.05, 3.63) is 0 Å². The highest BCUT2D eigenvalue weighted by Gasteiger charge is 2.23. The molecule has 1 unspecified atom stereocenters. The van der Waals surface area contributed by atoms with Gasteiger partial charge in [-0.15, -0.1) is 0 Å². The molecule has 1 fully saturated rings. The Hall–Kier alpha value is 0.314. The van der Waals surface area contributed by atoms with E-state index < -0.39 is 8.96 Å². The lowest BCUT2D eigenvalue weighted by atomic mass is 10.4. The van der Waals surface area contributed by atoms with Gasteiger partial charge in [0.2, 0.25) is 0 Å². The van der Waals surface area contributed by atoms with Crippen LogP contribution in [0.25, 0.3) is 0 Å². The zero-order valence-corrected chi connectivity index (χ0v) is 15.8. The first kappa shape index (κ1) is 17.4. The highest BCUT2D eigenvalue weighted by atomic mass is 28.3. The van der Waals surface area contributed by atoms with Gasteiger partial charge in [-0.3, -0.25) is 0 Å². The Bertz CT molecular complexity index is 214. The number of rotatable bonds is 11. The summed E-state index contributed by atoms with van der Waals surface area (Å²) < 4.78 is 14.1. The number of nitrogens with zero attached hydrogens (tertiary/aromatic N) is 1. The van der Waals surface area contributed by atoms with Gasteiger partial charge in [-0.05, 0) is 57.9 Å². The maximum atomic E-state index is 5.61. The van der Waals surface area contributed by atoms with Gasteiger partial charge in [0.05, 0.1) is 0 Å². The topological polar surface area (TPSA) is 21.7 Å². The van der Waals surface area contributed by atoms with Crippen LogP contribution in [0.4, 0.5) is 0 Å². The smallest absolute Gasteiger partial charge is 0.154 e. The molecule has 1 aliphatic heterocycles. The SMILES string of the molecule is CCOC(C[SiH2]CCCN1CCC[SiH]1CC)OCC. The van der Waals surface area contributed by atoms with E-state index in [0.717, 1.165) is 13.2 Å². The third-order valence-corrected chi connectivity index (χ3v) is 9.51. The van der Waals surface area contributed by atoms with Gasteiger partial charge in [-0.1, -0.05) is 13.0 Å². The first-order chi connectivity index (χ1) is 9.31. The van der Waals surface area contributed by atoms with E-state index in [4.69, 9.17) is 9.47 Å². The molecule has 1 heterocycles. The van der Waals surface area contributed by atoms with E-state index in [0.29, 0.717) is 0 Å². The molecule has 0 saturated carbocycles. The quantitative estimate of drug-likeness (QED) is 0.332. The van der Waals surface area contributed by atoms with Crippen molar-refractivity contribution >= 4 is 18.5 Å². The molecule has 3 nitrogen and oxygen atoms in total. The zero-order chi connectivity index (χ0) is 13.9. The number of hydrogen-bond donors (Lipinski definition) is 0. The molecule has 0 bridgehead atoms. The van der Waals surface area contributed by atoms with Gasteiger partial charge >= 0.3 is 0 Å². The second-order valence-corrected chi connectivity index (χ2v) is 10.9. The van der Waals surface area contributed by atoms with Crippen molar-refractivity contribution in [1.82, 2.24) is 4.57 Å². The molecule has 0 amide bonds. The number of ether oxygens (including phenoxy) is 2. The van der Waals surface area contributed by atoms with E-state index in [9.17, 15) is 0 Å². The van der Waals surface area contributed by atoms with Crippen molar-refractivity contribution in [2.75, 3.05) is 26.3 Å². The Labute approximate surface area is 123 Å². The Morgan fingerprint density at radius 1 is 1.21 bits per heavy atom. The lowest BCUT2D eigenvalue weighted by Crippen LogP contribution is -2.33. The van der Waals surface area contributed by atoms with Crippen LogP contribution in [0.5, 0.6) is 0 Å². The predicted octanol–water partition coefficient (Wildman–Crippen LogP) is 2.23. The Balaban J connectivity index is 2.03. The van der Waals surface area contributed by atoms with E-state index >= 15 is 0 Å². The van der Waals surface area contributed by atoms with Crippen molar-refractivity contribution in [3.8, 4) is 0 Å². The van der Waals surface area contributed by atoms with E-state index in [1.165, 1.54) is 44.1 Å². The van der Waals surface area contributed by atoms with Crippen LogP contribution < -0.4 is 0 Å². The molecule has 114 valence electrons. The summed E-state index contributed by atoms with van der Waals surface area (Å²) in [5.74, 6) is 0. The average Bonchev–Trinajstić information content (AvgIpc) is 2.86. The van der Waals surface area contributed by atoms with Crippen LogP contribution in [0, 0.1) is 0 Å². The molecule has 1 saturated heterocycles. The van der Waals surface area contributed by atoms with Crippen molar-refractivity contribution in [1.29, 1.82) is 0 Å². The molecule has 0 spiro atoms. The van der Waals surface area contributed by atoms with E-state index in [1.807, 2.05) is 0 Å². The largest absolute Gasteiger partial charge is 0.353 e. The van der Waals surface area contributed by atoms with Crippen LogP contribution in [0.2, 0.25) is 24.2 Å². The lowest BCUT2D eigenvalue weighted by Gasteiger charge is -2.22. The second-order valence-electron chi connectivity index (χ2n) is 5.43. The molecule has 0 aromatic carbocycles. The molecule has 19 heavy (non-hydrogen) atoms. The zero-order valence-electron chi connectivity index (χ0n) is 13.2. The van der Waals surface area contributed by atoms with Gasteiger partial charge in [0.25, 0.3) is 0 Å². The van der Waals surface area contributed by atoms with Crippen LogP contribution in [-0.2, 0) is 9.47 Å². The number of hydrogen-bond acceptors (Lipinski definition) is 3. The first-order valence-corrected chi connectivity index (χ1v) is 12.4. The summed E-state index contributed by atoms with van der Waals surface area (Å²) in [5.41, 5.74) is 0. The van der Waals surface area contributed by atoms with E-state index in [2.05, 4.69) is 25.3 Å². The molecule has 1 aliphatic rings. The Morgan fingerprint density at radius 3 is 2.58 bits per heavy atom. The van der Waals surface area contributed by atoms with Crippen molar-refractivity contribution in [2.24, 2.45) is 0 Å². The van der Waals surface area contributed by atoms with E-state index in [-0.39, 0.29) is 15.8 Å². The molecule has 0 aromatic rings. The summed E-state index contributed by atoms with van der Waals surface area (Å²) in [6.07, 6.45) is 2.98. The maximum absolute atomic E-state index is 5.61. The maximum Gasteiger partial charge on any atom is 0.154 e. The average molecular weight is 304 g/mol. The summed E-state index contributed by atoms with van der Waals surface area (Å²) in [6.45, 7) is 10.8. The highest BCUT2D eigenvalue weighted by molar-refractivity contribution is 6.56. The molecule has 1 atom stereocenters. The van der Waals surface area contributed by atoms with Gasteiger partial charge in [0.15, 0.2) is 6.29 Å². The van der Waals surface area contributed by atoms with Gasteiger partial charge in [0.1, 0.15) is 8.96 Å². The van der Waals surface area contributed by atoms with Crippen LogP contribution in [0.3, 0.4) is 0 Å². The molecular weight excluding hydrogens is 270 g/mol. The predicted molar refractivity (Wildman–Crippen MR) is 88.4 cm³/mol. The molecule has 1 rings (SSSR count). The van der Waals surface area contributed by atoms with Crippen LogP contribution in [0.15, 0.2) is 0 Å². The highest BCUT2D eigenvalue weighted by Crippen LogP contribution is 2.18. The fourth-order valence-corrected chi connectivity index (χ4v) is 7.61. The minimum absolute atomic E-state index is 0.000944. The molecule has 0 N–H and O–H groups in total. The summed E-state index contributed by atoms with van der Waals surface area (Å²) in [6, 6.07) is 5.67. The summed E-state index contributed by atoms with van der Waals surface area (Å²) in [5, 5.41) is 0. The fourth-order valence-electron chi connectivity index (χ4n) is 3.04. The van der Waals surface area contributed by atoms with E-state index in [1.54, 1.807) is 6.04 Å². The summed E-state index contributed by atoms with van der Waals surface area (Å²) in [7, 11) is -0.468. The second kappa shape index (κ2) is 11.0. The normalized spacial score (nSPS) is 21.2. The third-order valence-electron chi connectivity index (χ3n) is 4.06. The van der Waals surface area contributed by atoms with Gasteiger partial charge in [-0.25, -0.2) is 0 Å². The molecular formula is C14H33NO2Si2. The standard InChI is InChI=1S/C14H33NO2Si2/c1-4-16-14(17-5-2)13-18-11-7-9-15-10-8-12-19(15)6-3/h14,19H,4-13,18H2,1-3H3. The van der Waals surface area contributed by atoms with Crippen LogP contribution >= 0.6 is 0 Å². The van der Waals surface area contributed by atoms with Gasteiger partial charge in [-0.2, -0.15) is 0 Å². The summed E-state index contributed by atoms with van der Waals surface area (Å²) >= 11 is 0. The lowest BCUT2D eigenvalue weighted by molar-refractivity contribution is -0.123. The Kier molecular flexibility index (Phi) is 10.1. The first-order valence-electron chi connectivity index (χ1n) is 8.29. The Morgan fingerprint density at radius 2 is 1.95 bits per heavy atom. The van der Waals surface area contributed by atoms with Crippen molar-refractivity contribution < 1.29 is 9.47 Å². The molecule has 5 heteroatoms. The molecule has 0 aromatic heterocycles.